The van der Waals surface area contributed by atoms with E-state index >= 15 is 0 Å². The van der Waals surface area contributed by atoms with Crippen molar-refractivity contribution in [3.63, 3.8) is 0 Å². The number of fused-ring (bicyclic) bond motifs is 1. The standard InChI is InChI=1S/C31H42N2O3/c1-2-3-4-5-6-10-17-33-24-27(23-32-18-15-31(16-19-32)35-20-21-36-31)29-14-13-28(22-30(29)33)34-25-26-11-8-7-9-12-26/h7-9,11-14,22,24H,2-6,10,15-21,23,25H2,1H3. The Labute approximate surface area is 216 Å². The Morgan fingerprint density at radius 1 is 0.889 bits per heavy atom. The molecule has 2 aliphatic heterocycles. The van der Waals surface area contributed by atoms with Gasteiger partial charge in [0.1, 0.15) is 12.4 Å². The summed E-state index contributed by atoms with van der Waals surface area (Å²) in [7, 11) is 0. The van der Waals surface area contributed by atoms with E-state index in [4.69, 9.17) is 14.2 Å². The second-order valence-electron chi connectivity index (χ2n) is 10.5. The Bertz CT molecular complexity index is 1080. The Morgan fingerprint density at radius 2 is 1.64 bits per heavy atom. The fourth-order valence-electron chi connectivity index (χ4n) is 5.63. The first-order valence-corrected chi connectivity index (χ1v) is 14.0. The second-order valence-corrected chi connectivity index (χ2v) is 10.5. The maximum absolute atomic E-state index is 6.19. The third-order valence-electron chi connectivity index (χ3n) is 7.76. The maximum atomic E-state index is 6.19. The number of hydrogen-bond donors (Lipinski definition) is 0. The van der Waals surface area contributed by atoms with E-state index in [1.54, 1.807) is 0 Å². The van der Waals surface area contributed by atoms with Crippen LogP contribution < -0.4 is 4.74 Å². The number of piperidine rings is 1. The number of benzene rings is 2. The van der Waals surface area contributed by atoms with Crippen LogP contribution in [0.1, 0.15) is 69.4 Å². The highest BCUT2D eigenvalue weighted by molar-refractivity contribution is 5.85. The van der Waals surface area contributed by atoms with E-state index < -0.39 is 0 Å². The maximum Gasteiger partial charge on any atom is 0.170 e. The van der Waals surface area contributed by atoms with Gasteiger partial charge in [0.05, 0.1) is 18.7 Å². The van der Waals surface area contributed by atoms with Crippen LogP contribution in [0, 0.1) is 0 Å². The van der Waals surface area contributed by atoms with Crippen LogP contribution >= 0.6 is 0 Å². The molecule has 0 bridgehead atoms. The minimum absolute atomic E-state index is 0.312. The molecule has 1 aromatic heterocycles. The third kappa shape index (κ3) is 6.31. The summed E-state index contributed by atoms with van der Waals surface area (Å²) in [5.41, 5.74) is 3.90. The van der Waals surface area contributed by atoms with Crippen molar-refractivity contribution in [2.24, 2.45) is 0 Å². The van der Waals surface area contributed by atoms with Crippen LogP contribution in [0.3, 0.4) is 0 Å². The molecule has 194 valence electrons. The predicted molar refractivity (Wildman–Crippen MR) is 145 cm³/mol. The molecular formula is C31H42N2O3. The molecule has 5 rings (SSSR count). The average molecular weight is 491 g/mol. The molecule has 2 saturated heterocycles. The summed E-state index contributed by atoms with van der Waals surface area (Å²) in [5, 5.41) is 1.35. The number of ether oxygens (including phenoxy) is 3. The minimum atomic E-state index is -0.312. The molecule has 0 unspecified atom stereocenters. The van der Waals surface area contributed by atoms with E-state index in [2.05, 4.69) is 65.1 Å². The van der Waals surface area contributed by atoms with Gasteiger partial charge in [-0.15, -0.1) is 0 Å². The molecule has 0 radical (unpaired) electrons. The van der Waals surface area contributed by atoms with Crippen LogP contribution in [0.25, 0.3) is 10.9 Å². The topological polar surface area (TPSA) is 35.9 Å². The van der Waals surface area contributed by atoms with Crippen LogP contribution in [0.15, 0.2) is 54.7 Å². The van der Waals surface area contributed by atoms with E-state index in [1.165, 1.54) is 60.6 Å². The normalized spacial score (nSPS) is 17.8. The predicted octanol–water partition coefficient (Wildman–Crippen LogP) is 6.92. The molecule has 0 N–H and O–H groups in total. The summed E-state index contributed by atoms with van der Waals surface area (Å²) in [6.07, 6.45) is 12.2. The third-order valence-corrected chi connectivity index (χ3v) is 7.76. The molecule has 2 fully saturated rings. The lowest BCUT2D eigenvalue weighted by molar-refractivity contribution is -0.185. The Balaban J connectivity index is 1.28. The molecule has 0 aliphatic carbocycles. The van der Waals surface area contributed by atoms with Gasteiger partial charge in [-0.1, -0.05) is 69.4 Å². The first kappa shape index (κ1) is 25.3. The molecule has 0 atom stereocenters. The van der Waals surface area contributed by atoms with Crippen molar-refractivity contribution in [1.82, 2.24) is 9.47 Å². The lowest BCUT2D eigenvalue weighted by Crippen LogP contribution is -2.44. The molecule has 2 aromatic carbocycles. The van der Waals surface area contributed by atoms with Crippen molar-refractivity contribution in [2.75, 3.05) is 26.3 Å². The molecule has 0 saturated carbocycles. The van der Waals surface area contributed by atoms with E-state index in [0.29, 0.717) is 6.61 Å². The summed E-state index contributed by atoms with van der Waals surface area (Å²) in [6.45, 7) is 8.42. The molecule has 5 heteroatoms. The van der Waals surface area contributed by atoms with Crippen molar-refractivity contribution in [2.45, 2.75) is 83.8 Å². The fourth-order valence-corrected chi connectivity index (χ4v) is 5.63. The highest BCUT2D eigenvalue weighted by Gasteiger charge is 2.39. The van der Waals surface area contributed by atoms with Crippen LogP contribution in [0.4, 0.5) is 0 Å². The Hall–Kier alpha value is -2.34. The lowest BCUT2D eigenvalue weighted by Gasteiger charge is -2.37. The number of aromatic nitrogens is 1. The quantitative estimate of drug-likeness (QED) is 0.258. The first-order valence-electron chi connectivity index (χ1n) is 14.0. The zero-order valence-corrected chi connectivity index (χ0v) is 21.9. The van der Waals surface area contributed by atoms with Gasteiger partial charge >= 0.3 is 0 Å². The zero-order valence-electron chi connectivity index (χ0n) is 21.9. The van der Waals surface area contributed by atoms with E-state index in [0.717, 1.165) is 58.0 Å². The van der Waals surface area contributed by atoms with Gasteiger partial charge in [0.15, 0.2) is 5.79 Å². The average Bonchev–Trinajstić information content (AvgIpc) is 3.51. The fraction of sp³-hybridized carbons (Fsp3) is 0.548. The molecule has 36 heavy (non-hydrogen) atoms. The Kier molecular flexibility index (Phi) is 8.63. The van der Waals surface area contributed by atoms with Gasteiger partial charge in [0, 0.05) is 56.7 Å². The molecule has 0 amide bonds. The van der Waals surface area contributed by atoms with Crippen LogP contribution in [0.2, 0.25) is 0 Å². The van der Waals surface area contributed by atoms with Gasteiger partial charge in [0.2, 0.25) is 0 Å². The van der Waals surface area contributed by atoms with Gasteiger partial charge in [0.25, 0.3) is 0 Å². The van der Waals surface area contributed by atoms with E-state index in [1.807, 2.05) is 6.07 Å². The number of unbranched alkanes of at least 4 members (excludes halogenated alkanes) is 5. The summed E-state index contributed by atoms with van der Waals surface area (Å²) < 4.78 is 20.5. The van der Waals surface area contributed by atoms with Crippen LogP contribution in [-0.2, 0) is 29.2 Å². The summed E-state index contributed by atoms with van der Waals surface area (Å²) in [6, 6.07) is 17.0. The summed E-state index contributed by atoms with van der Waals surface area (Å²) >= 11 is 0. The number of hydrogen-bond acceptors (Lipinski definition) is 4. The smallest absolute Gasteiger partial charge is 0.170 e. The van der Waals surface area contributed by atoms with E-state index in [-0.39, 0.29) is 5.79 Å². The van der Waals surface area contributed by atoms with Crippen molar-refractivity contribution >= 4 is 10.9 Å². The van der Waals surface area contributed by atoms with Crippen molar-refractivity contribution < 1.29 is 14.2 Å². The summed E-state index contributed by atoms with van der Waals surface area (Å²) in [4.78, 5) is 2.56. The Morgan fingerprint density at radius 3 is 2.42 bits per heavy atom. The van der Waals surface area contributed by atoms with Crippen molar-refractivity contribution in [3.05, 3.63) is 65.9 Å². The highest BCUT2D eigenvalue weighted by Crippen LogP contribution is 2.33. The molecule has 3 heterocycles. The van der Waals surface area contributed by atoms with Gasteiger partial charge < -0.3 is 18.8 Å². The number of nitrogens with zero attached hydrogens (tertiary/aromatic N) is 2. The van der Waals surface area contributed by atoms with Crippen molar-refractivity contribution in [1.29, 1.82) is 0 Å². The molecule has 1 spiro atoms. The van der Waals surface area contributed by atoms with Gasteiger partial charge in [-0.3, -0.25) is 4.90 Å². The second kappa shape index (κ2) is 12.3. The lowest BCUT2D eigenvalue weighted by atomic mass is 10.0. The first-order chi connectivity index (χ1) is 17.7. The number of likely N-dealkylation sites (tertiary alicyclic amines) is 1. The van der Waals surface area contributed by atoms with Gasteiger partial charge in [-0.25, -0.2) is 0 Å². The van der Waals surface area contributed by atoms with Crippen LogP contribution in [0.5, 0.6) is 5.75 Å². The minimum Gasteiger partial charge on any atom is -0.489 e. The number of aryl methyl sites for hydroxylation is 1. The zero-order chi connectivity index (χ0) is 24.6. The highest BCUT2D eigenvalue weighted by atomic mass is 16.7. The van der Waals surface area contributed by atoms with Crippen LogP contribution in [-0.4, -0.2) is 41.6 Å². The molecule has 2 aliphatic rings. The monoisotopic (exact) mass is 490 g/mol. The molecule has 5 nitrogen and oxygen atoms in total. The van der Waals surface area contributed by atoms with Crippen molar-refractivity contribution in [3.8, 4) is 5.75 Å². The van der Waals surface area contributed by atoms with E-state index in [9.17, 15) is 0 Å². The number of rotatable bonds is 12. The van der Waals surface area contributed by atoms with Gasteiger partial charge in [-0.2, -0.15) is 0 Å². The van der Waals surface area contributed by atoms with Gasteiger partial charge in [-0.05, 0) is 29.7 Å². The largest absolute Gasteiger partial charge is 0.489 e. The SMILES string of the molecule is CCCCCCCCn1cc(CN2CCC3(CC2)OCCO3)c2ccc(OCc3ccccc3)cc21. The molecule has 3 aromatic rings. The summed E-state index contributed by atoms with van der Waals surface area (Å²) in [5.74, 6) is 0.628. The molecular weight excluding hydrogens is 448 g/mol.